The number of benzene rings is 1. The van der Waals surface area contributed by atoms with Crippen LogP contribution in [-0.4, -0.2) is 26.5 Å². The van der Waals surface area contributed by atoms with Gasteiger partial charge in [0.25, 0.3) is 0 Å². The van der Waals surface area contributed by atoms with E-state index < -0.39 is 0 Å². The molecule has 4 heteroatoms. The Labute approximate surface area is 113 Å². The zero-order valence-electron chi connectivity index (χ0n) is 10.8. The minimum absolute atomic E-state index is 0.160. The highest BCUT2D eigenvalue weighted by Gasteiger charge is 2.29. The van der Waals surface area contributed by atoms with Crippen molar-refractivity contribution in [2.75, 3.05) is 25.1 Å². The first-order valence-corrected chi connectivity index (χ1v) is 6.50. The smallest absolute Gasteiger partial charge is 0.139 e. The number of hydrogen-bond acceptors (Lipinski definition) is 3. The summed E-state index contributed by atoms with van der Waals surface area (Å²) in [5.41, 5.74) is 0.941. The number of halogens is 1. The molecule has 18 heavy (non-hydrogen) atoms. The summed E-state index contributed by atoms with van der Waals surface area (Å²) < 4.78 is 5.22. The summed E-state index contributed by atoms with van der Waals surface area (Å²) in [6.45, 7) is 3.81. The number of rotatable bonds is 3. The second-order valence-corrected chi connectivity index (χ2v) is 5.48. The number of methoxy groups -OCH3 is 1. The maximum absolute atomic E-state index is 11.0. The topological polar surface area (TPSA) is 29.5 Å². The second-order valence-electron chi connectivity index (χ2n) is 5.08. The maximum atomic E-state index is 11.0. The molecule has 2 rings (SSSR count). The lowest BCUT2D eigenvalue weighted by Crippen LogP contribution is -2.39. The third-order valence-corrected chi connectivity index (χ3v) is 4.00. The highest BCUT2D eigenvalue weighted by atomic mass is 35.5. The standard InChI is InChI=1S/C14H18ClNO2/c1-14(10-17)5-7-16(8-6-14)11-3-4-12(15)13(9-11)18-2/h3-4,9-10H,5-8H2,1-2H3. The lowest BCUT2D eigenvalue weighted by atomic mass is 9.82. The minimum Gasteiger partial charge on any atom is -0.495 e. The first-order chi connectivity index (χ1) is 8.58. The average Bonchev–Trinajstić information content (AvgIpc) is 2.40. The summed E-state index contributed by atoms with van der Waals surface area (Å²) in [7, 11) is 1.62. The molecule has 0 aromatic heterocycles. The predicted octanol–water partition coefficient (Wildman–Crippen LogP) is 3.15. The number of anilines is 1. The summed E-state index contributed by atoms with van der Waals surface area (Å²) in [5, 5.41) is 0.621. The van der Waals surface area contributed by atoms with Gasteiger partial charge < -0.3 is 14.4 Å². The van der Waals surface area contributed by atoms with Gasteiger partial charge in [0.1, 0.15) is 12.0 Å². The molecule has 0 bridgehead atoms. The number of carbonyl (C=O) groups excluding carboxylic acids is 1. The van der Waals surface area contributed by atoms with E-state index in [0.717, 1.165) is 37.9 Å². The maximum Gasteiger partial charge on any atom is 0.139 e. The van der Waals surface area contributed by atoms with Gasteiger partial charge in [-0.15, -0.1) is 0 Å². The zero-order valence-corrected chi connectivity index (χ0v) is 11.5. The molecule has 0 radical (unpaired) electrons. The van der Waals surface area contributed by atoms with Crippen LogP contribution >= 0.6 is 11.6 Å². The lowest BCUT2D eigenvalue weighted by molar-refractivity contribution is -0.116. The Bertz CT molecular complexity index is 439. The van der Waals surface area contributed by atoms with Crippen LogP contribution in [0.25, 0.3) is 0 Å². The van der Waals surface area contributed by atoms with E-state index in [1.54, 1.807) is 7.11 Å². The quantitative estimate of drug-likeness (QED) is 0.788. The fourth-order valence-electron chi connectivity index (χ4n) is 2.24. The molecule has 1 saturated heterocycles. The van der Waals surface area contributed by atoms with Crippen molar-refractivity contribution in [3.05, 3.63) is 23.2 Å². The Morgan fingerprint density at radius 1 is 1.39 bits per heavy atom. The van der Waals surface area contributed by atoms with Crippen molar-refractivity contribution in [2.45, 2.75) is 19.8 Å². The van der Waals surface area contributed by atoms with Gasteiger partial charge in [0, 0.05) is 30.3 Å². The van der Waals surface area contributed by atoms with Gasteiger partial charge in [-0.3, -0.25) is 0 Å². The fraction of sp³-hybridized carbons (Fsp3) is 0.500. The Kier molecular flexibility index (Phi) is 3.81. The van der Waals surface area contributed by atoms with Crippen LogP contribution in [0, 0.1) is 5.41 Å². The summed E-state index contributed by atoms with van der Waals surface area (Å²) in [6.07, 6.45) is 2.87. The first kappa shape index (κ1) is 13.2. The van der Waals surface area contributed by atoms with Crippen molar-refractivity contribution in [2.24, 2.45) is 5.41 Å². The van der Waals surface area contributed by atoms with Gasteiger partial charge in [0.2, 0.25) is 0 Å². The number of aldehydes is 1. The molecule has 1 fully saturated rings. The normalized spacial score (nSPS) is 18.5. The van der Waals surface area contributed by atoms with E-state index in [0.29, 0.717) is 10.8 Å². The van der Waals surface area contributed by atoms with Crippen LogP contribution in [0.4, 0.5) is 5.69 Å². The van der Waals surface area contributed by atoms with Crippen LogP contribution in [0.5, 0.6) is 5.75 Å². The van der Waals surface area contributed by atoms with Crippen LogP contribution in [0.15, 0.2) is 18.2 Å². The lowest BCUT2D eigenvalue weighted by Gasteiger charge is -2.37. The van der Waals surface area contributed by atoms with Crippen molar-refractivity contribution in [3.63, 3.8) is 0 Å². The molecule has 0 N–H and O–H groups in total. The van der Waals surface area contributed by atoms with Crippen molar-refractivity contribution >= 4 is 23.6 Å². The minimum atomic E-state index is -0.160. The molecule has 1 aromatic carbocycles. The van der Waals surface area contributed by atoms with E-state index in [2.05, 4.69) is 4.90 Å². The van der Waals surface area contributed by atoms with Gasteiger partial charge >= 0.3 is 0 Å². The molecule has 0 spiro atoms. The molecule has 0 saturated carbocycles. The molecule has 1 aliphatic heterocycles. The van der Waals surface area contributed by atoms with Crippen LogP contribution in [0.2, 0.25) is 5.02 Å². The summed E-state index contributed by atoms with van der Waals surface area (Å²) in [4.78, 5) is 13.3. The van der Waals surface area contributed by atoms with E-state index in [-0.39, 0.29) is 5.41 Å². The average molecular weight is 268 g/mol. The highest BCUT2D eigenvalue weighted by Crippen LogP contribution is 2.34. The number of ether oxygens (including phenoxy) is 1. The highest BCUT2D eigenvalue weighted by molar-refractivity contribution is 6.32. The molecule has 3 nitrogen and oxygen atoms in total. The summed E-state index contributed by atoms with van der Waals surface area (Å²) in [5.74, 6) is 0.692. The van der Waals surface area contributed by atoms with E-state index in [1.165, 1.54) is 0 Å². The zero-order chi connectivity index (χ0) is 13.2. The monoisotopic (exact) mass is 267 g/mol. The molecule has 0 atom stereocenters. The van der Waals surface area contributed by atoms with Crippen molar-refractivity contribution in [1.82, 2.24) is 0 Å². The predicted molar refractivity (Wildman–Crippen MR) is 73.6 cm³/mol. The van der Waals surface area contributed by atoms with Gasteiger partial charge in [-0.05, 0) is 25.0 Å². The van der Waals surface area contributed by atoms with E-state index in [9.17, 15) is 4.79 Å². The summed E-state index contributed by atoms with van der Waals surface area (Å²) >= 11 is 6.01. The number of carbonyl (C=O) groups is 1. The Morgan fingerprint density at radius 3 is 2.61 bits per heavy atom. The molecule has 1 aromatic rings. The molecule has 0 amide bonds. The molecule has 98 valence electrons. The van der Waals surface area contributed by atoms with E-state index in [1.807, 2.05) is 25.1 Å². The van der Waals surface area contributed by atoms with E-state index in [4.69, 9.17) is 16.3 Å². The Morgan fingerprint density at radius 2 is 2.06 bits per heavy atom. The second kappa shape index (κ2) is 5.19. The summed E-state index contributed by atoms with van der Waals surface area (Å²) in [6, 6.07) is 5.80. The molecule has 0 aliphatic carbocycles. The third kappa shape index (κ3) is 2.61. The van der Waals surface area contributed by atoms with Crippen molar-refractivity contribution in [1.29, 1.82) is 0 Å². The molecular weight excluding hydrogens is 250 g/mol. The first-order valence-electron chi connectivity index (χ1n) is 6.13. The Balaban J connectivity index is 2.12. The van der Waals surface area contributed by atoms with Crippen molar-refractivity contribution < 1.29 is 9.53 Å². The van der Waals surface area contributed by atoms with Gasteiger partial charge in [-0.1, -0.05) is 18.5 Å². The molecule has 1 aliphatic rings. The van der Waals surface area contributed by atoms with Crippen LogP contribution in [0.1, 0.15) is 19.8 Å². The van der Waals surface area contributed by atoms with Gasteiger partial charge in [-0.25, -0.2) is 0 Å². The number of piperidine rings is 1. The van der Waals surface area contributed by atoms with E-state index >= 15 is 0 Å². The van der Waals surface area contributed by atoms with Crippen molar-refractivity contribution in [3.8, 4) is 5.75 Å². The Hall–Kier alpha value is -1.22. The third-order valence-electron chi connectivity index (χ3n) is 3.69. The van der Waals surface area contributed by atoms with Gasteiger partial charge in [0.15, 0.2) is 0 Å². The van der Waals surface area contributed by atoms with Crippen LogP contribution < -0.4 is 9.64 Å². The van der Waals surface area contributed by atoms with Crippen LogP contribution in [-0.2, 0) is 4.79 Å². The van der Waals surface area contributed by atoms with Gasteiger partial charge in [0.05, 0.1) is 12.1 Å². The molecule has 1 heterocycles. The SMILES string of the molecule is COc1cc(N2CCC(C)(C=O)CC2)ccc1Cl. The number of hydrogen-bond donors (Lipinski definition) is 0. The fourth-order valence-corrected chi connectivity index (χ4v) is 2.43. The largest absolute Gasteiger partial charge is 0.495 e. The number of nitrogens with zero attached hydrogens (tertiary/aromatic N) is 1. The molecule has 0 unspecified atom stereocenters. The van der Waals surface area contributed by atoms with Crippen LogP contribution in [0.3, 0.4) is 0 Å². The molecular formula is C14H18ClNO2. The van der Waals surface area contributed by atoms with Gasteiger partial charge in [-0.2, -0.15) is 0 Å².